The van der Waals surface area contributed by atoms with Crippen molar-refractivity contribution >= 4 is 23.5 Å². The fourth-order valence-electron chi connectivity index (χ4n) is 3.73. The molecule has 3 N–H and O–H groups in total. The second-order valence-corrected chi connectivity index (χ2v) is 8.98. The predicted octanol–water partition coefficient (Wildman–Crippen LogP) is 3.50. The number of Topliss-reactive ketones (excluding diaryl/α,β-unsaturated/α-hetero) is 1. The molecule has 2 atom stereocenters. The van der Waals surface area contributed by atoms with Crippen LogP contribution >= 0.6 is 11.8 Å². The lowest BCUT2D eigenvalue weighted by Crippen LogP contribution is -2.52. The van der Waals surface area contributed by atoms with Crippen LogP contribution in [-0.2, 0) is 22.7 Å². The third kappa shape index (κ3) is 5.81. The first-order valence-corrected chi connectivity index (χ1v) is 11.5. The molecule has 2 aliphatic heterocycles. The number of rotatable bonds is 6. The number of benzene rings is 2. The third-order valence-electron chi connectivity index (χ3n) is 5.35. The van der Waals surface area contributed by atoms with Crippen molar-refractivity contribution in [2.45, 2.75) is 31.5 Å². The Hall–Kier alpha value is -3.24. The van der Waals surface area contributed by atoms with Crippen LogP contribution in [0.5, 0.6) is 5.75 Å². The first kappa shape index (κ1) is 23.9. The van der Waals surface area contributed by atoms with Crippen LogP contribution < -0.4 is 15.8 Å². The van der Waals surface area contributed by atoms with Crippen LogP contribution in [0.3, 0.4) is 0 Å². The summed E-state index contributed by atoms with van der Waals surface area (Å²) in [4.78, 5) is 28.2. The van der Waals surface area contributed by atoms with Crippen LogP contribution in [0.1, 0.15) is 11.1 Å². The van der Waals surface area contributed by atoms with Crippen molar-refractivity contribution < 1.29 is 27.5 Å². The van der Waals surface area contributed by atoms with E-state index in [9.17, 15) is 22.8 Å². The first-order valence-electron chi connectivity index (χ1n) is 10.5. The van der Waals surface area contributed by atoms with E-state index in [1.807, 2.05) is 30.3 Å². The second kappa shape index (κ2) is 9.94. The van der Waals surface area contributed by atoms with Gasteiger partial charge in [0.2, 0.25) is 0 Å². The molecular weight excluding hydrogens is 467 g/mol. The van der Waals surface area contributed by atoms with Gasteiger partial charge in [-0.3, -0.25) is 9.59 Å². The summed E-state index contributed by atoms with van der Waals surface area (Å²) in [7, 11) is 0. The fraction of sp³-hybridized carbons (Fsp3) is 0.250. The number of nitrogens with zero attached hydrogens (tertiary/aromatic N) is 1. The molecule has 2 aromatic carbocycles. The molecule has 178 valence electrons. The summed E-state index contributed by atoms with van der Waals surface area (Å²) in [5.74, 6) is -0.380. The maximum absolute atomic E-state index is 12.9. The molecule has 0 radical (unpaired) electrons. The van der Waals surface area contributed by atoms with E-state index in [1.165, 1.54) is 36.0 Å². The molecule has 6 nitrogen and oxygen atoms in total. The van der Waals surface area contributed by atoms with Crippen molar-refractivity contribution in [3.05, 3.63) is 88.5 Å². The molecule has 0 aliphatic carbocycles. The maximum atomic E-state index is 12.9. The highest BCUT2D eigenvalue weighted by Gasteiger charge is 2.39. The molecule has 2 aromatic rings. The van der Waals surface area contributed by atoms with Crippen molar-refractivity contribution in [3.8, 4) is 5.75 Å². The number of fused-ring (bicyclic) bond motifs is 1. The number of amides is 1. The molecule has 4 rings (SSSR count). The highest BCUT2D eigenvalue weighted by Crippen LogP contribution is 2.36. The van der Waals surface area contributed by atoms with Crippen molar-refractivity contribution in [1.82, 2.24) is 10.2 Å². The average molecular weight is 490 g/mol. The van der Waals surface area contributed by atoms with Crippen LogP contribution in [0.4, 0.5) is 13.2 Å². The summed E-state index contributed by atoms with van der Waals surface area (Å²) in [6.45, 7) is 0.546. The number of carbonyl (C=O) groups is 2. The predicted molar refractivity (Wildman–Crippen MR) is 122 cm³/mol. The molecule has 0 bridgehead atoms. The molecule has 10 heteroatoms. The monoisotopic (exact) mass is 489 g/mol. The summed E-state index contributed by atoms with van der Waals surface area (Å²) in [5, 5.41) is 2.88. The number of carbonyl (C=O) groups excluding carboxylic acids is 2. The number of ether oxygens (including phenoxy) is 1. The lowest BCUT2D eigenvalue weighted by atomic mass is 9.98. The Bertz CT molecular complexity index is 1120. The van der Waals surface area contributed by atoms with Gasteiger partial charge in [0.1, 0.15) is 11.8 Å². The summed E-state index contributed by atoms with van der Waals surface area (Å²) in [5.41, 5.74) is 7.96. The Labute approximate surface area is 198 Å². The van der Waals surface area contributed by atoms with Crippen LogP contribution in [0.2, 0.25) is 0 Å². The van der Waals surface area contributed by atoms with Gasteiger partial charge in [-0.25, -0.2) is 0 Å². The Morgan fingerprint density at radius 3 is 2.50 bits per heavy atom. The van der Waals surface area contributed by atoms with E-state index in [1.54, 1.807) is 17.2 Å². The molecule has 0 spiro atoms. The number of thioether (sulfide) groups is 1. The summed E-state index contributed by atoms with van der Waals surface area (Å²) in [6.07, 6.45) is -1.47. The minimum absolute atomic E-state index is 0.165. The van der Waals surface area contributed by atoms with Gasteiger partial charge in [0.25, 0.3) is 5.91 Å². The van der Waals surface area contributed by atoms with Crippen molar-refractivity contribution in [3.63, 3.8) is 0 Å². The molecule has 2 aliphatic rings. The van der Waals surface area contributed by atoms with Gasteiger partial charge in [0, 0.05) is 29.9 Å². The number of nitrogens with two attached hydrogens (primary N) is 1. The summed E-state index contributed by atoms with van der Waals surface area (Å²) < 4.78 is 41.2. The first-order chi connectivity index (χ1) is 16.2. The minimum atomic E-state index is -4.78. The Morgan fingerprint density at radius 1 is 1.12 bits per heavy atom. The molecule has 1 saturated heterocycles. The number of ketones is 1. The molecular formula is C24H22F3N3O3S. The zero-order valence-corrected chi connectivity index (χ0v) is 18.7. The number of hydrogen-bond acceptors (Lipinski definition) is 6. The average Bonchev–Trinajstić information content (AvgIpc) is 2.80. The van der Waals surface area contributed by atoms with E-state index in [-0.39, 0.29) is 24.0 Å². The lowest BCUT2D eigenvalue weighted by Gasteiger charge is -2.39. The van der Waals surface area contributed by atoms with E-state index in [0.29, 0.717) is 23.4 Å². The van der Waals surface area contributed by atoms with Crippen LogP contribution in [0, 0.1) is 0 Å². The molecule has 0 aromatic heterocycles. The standard InChI is InChI=1S/C24H22F3N3O3S/c25-24(26,27)33-18-8-6-16(7-9-18)12-30-13-17(10-20-21(30)22(31)19(28)14-34-20)23(32)29-11-15-4-2-1-3-5-15/h1-10,13,19,21H,11-12,14,28H2,(H,29,32)/t19-,21?/m0/s1. The minimum Gasteiger partial charge on any atom is -0.406 e. The van der Waals surface area contributed by atoms with E-state index in [4.69, 9.17) is 5.73 Å². The molecule has 1 unspecified atom stereocenters. The number of halogens is 3. The van der Waals surface area contributed by atoms with Gasteiger partial charge in [-0.2, -0.15) is 0 Å². The molecule has 0 saturated carbocycles. The zero-order chi connectivity index (χ0) is 24.3. The number of hydrogen-bond donors (Lipinski definition) is 2. The Kier molecular flexibility index (Phi) is 6.99. The van der Waals surface area contributed by atoms with Crippen molar-refractivity contribution in [2.75, 3.05) is 5.75 Å². The van der Waals surface area contributed by atoms with Gasteiger partial charge in [0.15, 0.2) is 5.78 Å². The van der Waals surface area contributed by atoms with Gasteiger partial charge in [-0.05, 0) is 29.3 Å². The molecule has 1 fully saturated rings. The Morgan fingerprint density at radius 2 is 1.82 bits per heavy atom. The maximum Gasteiger partial charge on any atom is 0.573 e. The van der Waals surface area contributed by atoms with Crippen LogP contribution in [0.15, 0.2) is 77.4 Å². The number of nitrogens with one attached hydrogen (secondary N) is 1. The van der Waals surface area contributed by atoms with E-state index < -0.39 is 18.4 Å². The van der Waals surface area contributed by atoms with Gasteiger partial charge in [0.05, 0.1) is 11.6 Å². The summed E-state index contributed by atoms with van der Waals surface area (Å²) in [6, 6.07) is 13.6. The highest BCUT2D eigenvalue weighted by molar-refractivity contribution is 8.03. The van der Waals surface area contributed by atoms with Gasteiger partial charge in [-0.15, -0.1) is 24.9 Å². The largest absolute Gasteiger partial charge is 0.573 e. The third-order valence-corrected chi connectivity index (χ3v) is 6.55. The highest BCUT2D eigenvalue weighted by atomic mass is 32.2. The van der Waals surface area contributed by atoms with E-state index >= 15 is 0 Å². The van der Waals surface area contributed by atoms with Gasteiger partial charge < -0.3 is 20.7 Å². The second-order valence-electron chi connectivity index (χ2n) is 7.89. The molecule has 1 amide bonds. The van der Waals surface area contributed by atoms with E-state index in [0.717, 1.165) is 10.5 Å². The van der Waals surface area contributed by atoms with Crippen molar-refractivity contribution in [1.29, 1.82) is 0 Å². The van der Waals surface area contributed by atoms with Crippen molar-refractivity contribution in [2.24, 2.45) is 5.73 Å². The normalized spacial score (nSPS) is 20.2. The lowest BCUT2D eigenvalue weighted by molar-refractivity contribution is -0.274. The topological polar surface area (TPSA) is 84.7 Å². The smallest absolute Gasteiger partial charge is 0.406 e. The zero-order valence-electron chi connectivity index (χ0n) is 17.9. The molecule has 34 heavy (non-hydrogen) atoms. The van der Waals surface area contributed by atoms with Gasteiger partial charge >= 0.3 is 6.36 Å². The fourth-order valence-corrected chi connectivity index (χ4v) is 4.89. The Balaban J connectivity index is 1.54. The quantitative estimate of drug-likeness (QED) is 0.646. The van der Waals surface area contributed by atoms with Gasteiger partial charge in [-0.1, -0.05) is 42.5 Å². The molecule has 2 heterocycles. The van der Waals surface area contributed by atoms with E-state index in [2.05, 4.69) is 10.1 Å². The van der Waals surface area contributed by atoms with Crippen LogP contribution in [-0.4, -0.2) is 40.8 Å². The number of alkyl halides is 3. The van der Waals surface area contributed by atoms with Crippen LogP contribution in [0.25, 0.3) is 0 Å². The SMILES string of the molecule is N[C@H]1CSC2=CC(C(=O)NCc3ccccc3)=CN(Cc3ccc(OC(F)(F)F)cc3)C2C1=O. The summed E-state index contributed by atoms with van der Waals surface area (Å²) >= 11 is 1.43.